The predicted molar refractivity (Wildman–Crippen MR) is 54.8 cm³/mol. The maximum absolute atomic E-state index is 12.1. The van der Waals surface area contributed by atoms with Crippen molar-refractivity contribution in [1.29, 1.82) is 0 Å². The van der Waals surface area contributed by atoms with Crippen molar-refractivity contribution >= 4 is 17.8 Å². The van der Waals surface area contributed by atoms with Gasteiger partial charge in [0.25, 0.3) is 0 Å². The molecule has 0 aromatic heterocycles. The van der Waals surface area contributed by atoms with Crippen molar-refractivity contribution in [2.75, 3.05) is 0 Å². The highest BCUT2D eigenvalue weighted by Crippen LogP contribution is 2.36. The molecule has 0 unspecified atom stereocenters. The molecule has 0 heterocycles. The van der Waals surface area contributed by atoms with Crippen LogP contribution in [0, 0.1) is 0 Å². The molecule has 0 aliphatic rings. The minimum atomic E-state index is -4.31. The summed E-state index contributed by atoms with van der Waals surface area (Å²) in [5, 5.41) is 2.30. The minimum absolute atomic E-state index is 0.0799. The zero-order valence-electron chi connectivity index (χ0n) is 8.04. The van der Waals surface area contributed by atoms with Crippen LogP contribution in [0.3, 0.4) is 0 Å². The summed E-state index contributed by atoms with van der Waals surface area (Å²) in [4.78, 5) is 10.5. The maximum atomic E-state index is 12.1. The van der Waals surface area contributed by atoms with E-state index in [0.29, 0.717) is 5.56 Å². The van der Waals surface area contributed by atoms with Crippen LogP contribution < -0.4 is 11.1 Å². The number of urea groups is 1. The van der Waals surface area contributed by atoms with Crippen molar-refractivity contribution in [3.05, 3.63) is 29.8 Å². The number of halogens is 3. The van der Waals surface area contributed by atoms with Crippen molar-refractivity contribution in [2.24, 2.45) is 5.73 Å². The number of thioether (sulfide) groups is 1. The number of rotatable bonds is 3. The van der Waals surface area contributed by atoms with Gasteiger partial charge in [0.05, 0.1) is 0 Å². The lowest BCUT2D eigenvalue weighted by Crippen LogP contribution is -2.28. The Balaban J connectivity index is 2.67. The van der Waals surface area contributed by atoms with Crippen LogP contribution in [-0.2, 0) is 6.54 Å². The number of amides is 2. The Morgan fingerprint density at radius 2 is 2.12 bits per heavy atom. The first-order chi connectivity index (χ1) is 7.37. The molecule has 3 nitrogen and oxygen atoms in total. The second kappa shape index (κ2) is 5.11. The summed E-state index contributed by atoms with van der Waals surface area (Å²) in [7, 11) is 0. The number of primary amides is 1. The van der Waals surface area contributed by atoms with Crippen LogP contribution in [-0.4, -0.2) is 11.5 Å². The normalized spacial score (nSPS) is 11.2. The predicted octanol–water partition coefficient (Wildman–Crippen LogP) is 2.47. The Labute approximate surface area is 94.2 Å². The fraction of sp³-hybridized carbons (Fsp3) is 0.222. The third-order valence-corrected chi connectivity index (χ3v) is 2.32. The zero-order chi connectivity index (χ0) is 12.2. The number of nitrogens with two attached hydrogens (primary N) is 1. The number of carbonyl (C=O) groups excluding carboxylic acids is 1. The van der Waals surface area contributed by atoms with Crippen molar-refractivity contribution < 1.29 is 18.0 Å². The monoisotopic (exact) mass is 250 g/mol. The molecule has 1 rings (SSSR count). The smallest absolute Gasteiger partial charge is 0.352 e. The van der Waals surface area contributed by atoms with E-state index >= 15 is 0 Å². The molecule has 3 N–H and O–H groups in total. The fourth-order valence-corrected chi connectivity index (χ4v) is 1.67. The van der Waals surface area contributed by atoms with Crippen molar-refractivity contribution in [3.63, 3.8) is 0 Å². The molecule has 7 heteroatoms. The molecule has 0 radical (unpaired) electrons. The SMILES string of the molecule is NC(=O)NCc1cccc(SC(F)(F)F)c1. The van der Waals surface area contributed by atoms with E-state index in [1.807, 2.05) is 0 Å². The summed E-state index contributed by atoms with van der Waals surface area (Å²) in [5.41, 5.74) is 1.10. The van der Waals surface area contributed by atoms with Gasteiger partial charge in [-0.2, -0.15) is 13.2 Å². The minimum Gasteiger partial charge on any atom is -0.352 e. The van der Waals surface area contributed by atoms with Gasteiger partial charge >= 0.3 is 11.5 Å². The molecular formula is C9H9F3N2OS. The Morgan fingerprint density at radius 3 is 2.69 bits per heavy atom. The zero-order valence-corrected chi connectivity index (χ0v) is 8.86. The molecule has 1 aromatic rings. The topological polar surface area (TPSA) is 55.1 Å². The van der Waals surface area contributed by atoms with E-state index in [0.717, 1.165) is 0 Å². The maximum Gasteiger partial charge on any atom is 0.446 e. The first kappa shape index (κ1) is 12.7. The van der Waals surface area contributed by atoms with E-state index in [1.165, 1.54) is 18.2 Å². The first-order valence-corrected chi connectivity index (χ1v) is 5.06. The quantitative estimate of drug-likeness (QED) is 0.810. The van der Waals surface area contributed by atoms with Gasteiger partial charge < -0.3 is 11.1 Å². The Hall–Kier alpha value is -1.37. The molecule has 88 valence electrons. The average molecular weight is 250 g/mol. The molecule has 0 saturated carbocycles. The molecule has 0 fully saturated rings. The molecule has 0 aliphatic carbocycles. The molecule has 0 saturated heterocycles. The van der Waals surface area contributed by atoms with Crippen LogP contribution >= 0.6 is 11.8 Å². The lowest BCUT2D eigenvalue weighted by atomic mass is 10.2. The van der Waals surface area contributed by atoms with Gasteiger partial charge in [-0.15, -0.1) is 0 Å². The van der Waals surface area contributed by atoms with Gasteiger partial charge in [0, 0.05) is 11.4 Å². The summed E-state index contributed by atoms with van der Waals surface area (Å²) in [6.45, 7) is 0.113. The number of hydrogen-bond acceptors (Lipinski definition) is 2. The average Bonchev–Trinajstić information content (AvgIpc) is 2.12. The highest BCUT2D eigenvalue weighted by atomic mass is 32.2. The summed E-state index contributed by atoms with van der Waals surface area (Å²) in [5.74, 6) is 0. The lowest BCUT2D eigenvalue weighted by Gasteiger charge is -2.07. The van der Waals surface area contributed by atoms with Crippen LogP contribution in [0.2, 0.25) is 0 Å². The van der Waals surface area contributed by atoms with E-state index in [4.69, 9.17) is 5.73 Å². The summed E-state index contributed by atoms with van der Waals surface area (Å²) in [6, 6.07) is 5.09. The number of alkyl halides is 3. The number of benzene rings is 1. The van der Waals surface area contributed by atoms with Gasteiger partial charge in [-0.1, -0.05) is 12.1 Å². The van der Waals surface area contributed by atoms with E-state index in [1.54, 1.807) is 6.07 Å². The molecule has 0 bridgehead atoms. The van der Waals surface area contributed by atoms with Crippen molar-refractivity contribution in [3.8, 4) is 0 Å². The third-order valence-electron chi connectivity index (χ3n) is 1.60. The number of nitrogens with one attached hydrogen (secondary N) is 1. The van der Waals surface area contributed by atoms with Crippen molar-refractivity contribution in [2.45, 2.75) is 16.9 Å². The highest BCUT2D eigenvalue weighted by Gasteiger charge is 2.29. The van der Waals surface area contributed by atoms with Gasteiger partial charge in [0.1, 0.15) is 0 Å². The van der Waals surface area contributed by atoms with Crippen LogP contribution in [0.1, 0.15) is 5.56 Å². The Bertz CT molecular complexity index is 381. The van der Waals surface area contributed by atoms with Crippen LogP contribution in [0.25, 0.3) is 0 Å². The molecule has 0 spiro atoms. The van der Waals surface area contributed by atoms with Gasteiger partial charge in [-0.05, 0) is 29.5 Å². The molecule has 2 amide bonds. The Morgan fingerprint density at radius 1 is 1.44 bits per heavy atom. The number of carbonyl (C=O) groups is 1. The van der Waals surface area contributed by atoms with Crippen molar-refractivity contribution in [1.82, 2.24) is 5.32 Å². The van der Waals surface area contributed by atoms with Crippen LogP contribution in [0.4, 0.5) is 18.0 Å². The van der Waals surface area contributed by atoms with E-state index < -0.39 is 11.5 Å². The van der Waals surface area contributed by atoms with Gasteiger partial charge in [-0.25, -0.2) is 4.79 Å². The van der Waals surface area contributed by atoms with Crippen LogP contribution in [0.5, 0.6) is 0 Å². The van der Waals surface area contributed by atoms with E-state index in [9.17, 15) is 18.0 Å². The van der Waals surface area contributed by atoms with Gasteiger partial charge in [0.2, 0.25) is 0 Å². The van der Waals surface area contributed by atoms with Gasteiger partial charge in [-0.3, -0.25) is 0 Å². The molecule has 0 aliphatic heterocycles. The lowest BCUT2D eigenvalue weighted by molar-refractivity contribution is -0.0328. The second-order valence-corrected chi connectivity index (χ2v) is 4.05. The summed E-state index contributed by atoms with van der Waals surface area (Å²) >= 11 is -0.195. The molecule has 0 atom stereocenters. The van der Waals surface area contributed by atoms with Crippen LogP contribution in [0.15, 0.2) is 29.2 Å². The van der Waals surface area contributed by atoms with E-state index in [-0.39, 0.29) is 23.2 Å². The summed E-state index contributed by atoms with van der Waals surface area (Å²) < 4.78 is 36.2. The molecule has 1 aromatic carbocycles. The standard InChI is InChI=1S/C9H9F3N2OS/c10-9(11,12)16-7-3-1-2-6(4-7)5-14-8(13)15/h1-4H,5H2,(H3,13,14,15). The highest BCUT2D eigenvalue weighted by molar-refractivity contribution is 8.00. The third kappa shape index (κ3) is 4.92. The fourth-order valence-electron chi connectivity index (χ4n) is 1.04. The Kier molecular flexibility index (Phi) is 4.05. The largest absolute Gasteiger partial charge is 0.446 e. The molecule has 16 heavy (non-hydrogen) atoms. The van der Waals surface area contributed by atoms with E-state index in [2.05, 4.69) is 5.32 Å². The van der Waals surface area contributed by atoms with Gasteiger partial charge in [0.15, 0.2) is 0 Å². The summed E-state index contributed by atoms with van der Waals surface area (Å²) in [6.07, 6.45) is 0. The first-order valence-electron chi connectivity index (χ1n) is 4.25. The molecular weight excluding hydrogens is 241 g/mol. The number of hydrogen-bond donors (Lipinski definition) is 2. The second-order valence-electron chi connectivity index (χ2n) is 2.91.